The number of para-hydroxylation sites is 1. The molecule has 0 bridgehead atoms. The van der Waals surface area contributed by atoms with Crippen LogP contribution in [0.5, 0.6) is 5.75 Å². The summed E-state index contributed by atoms with van der Waals surface area (Å²) in [4.78, 5) is 3.19. The fourth-order valence-corrected chi connectivity index (χ4v) is 2.19. The molecule has 0 unspecified atom stereocenters. The molecule has 1 aromatic heterocycles. The van der Waals surface area contributed by atoms with Gasteiger partial charge in [-0.2, -0.15) is 0 Å². The zero-order chi connectivity index (χ0) is 13.3. The molecule has 1 heterocycles. The third-order valence-corrected chi connectivity index (χ3v) is 3.41. The summed E-state index contributed by atoms with van der Waals surface area (Å²) in [6.07, 6.45) is 0. The largest absolute Gasteiger partial charge is 0.494 e. The maximum absolute atomic E-state index is 5.46. The van der Waals surface area contributed by atoms with Crippen molar-refractivity contribution in [2.24, 2.45) is 0 Å². The van der Waals surface area contributed by atoms with E-state index in [1.54, 1.807) is 14.2 Å². The molecule has 0 amide bonds. The lowest BCUT2D eigenvalue weighted by Gasteiger charge is -2.23. The summed E-state index contributed by atoms with van der Waals surface area (Å²) in [7, 11) is 3.36. The van der Waals surface area contributed by atoms with Crippen molar-refractivity contribution in [1.82, 2.24) is 9.55 Å². The van der Waals surface area contributed by atoms with Gasteiger partial charge in [0.15, 0.2) is 4.77 Å². The second-order valence-corrected chi connectivity index (χ2v) is 5.22. The Hall–Kier alpha value is -1.33. The zero-order valence-electron chi connectivity index (χ0n) is 11.1. The van der Waals surface area contributed by atoms with Crippen molar-refractivity contribution in [1.29, 1.82) is 0 Å². The van der Waals surface area contributed by atoms with Gasteiger partial charge in [-0.05, 0) is 38.2 Å². The molecule has 5 heteroatoms. The number of nitrogens with zero attached hydrogens (tertiary/aromatic N) is 1. The first-order chi connectivity index (χ1) is 8.48. The first kappa shape index (κ1) is 13.1. The van der Waals surface area contributed by atoms with Crippen molar-refractivity contribution < 1.29 is 9.47 Å². The van der Waals surface area contributed by atoms with Gasteiger partial charge in [-0.25, -0.2) is 0 Å². The highest BCUT2D eigenvalue weighted by molar-refractivity contribution is 7.71. The van der Waals surface area contributed by atoms with E-state index >= 15 is 0 Å². The van der Waals surface area contributed by atoms with Crippen LogP contribution in [0, 0.1) is 4.77 Å². The topological polar surface area (TPSA) is 39.2 Å². The summed E-state index contributed by atoms with van der Waals surface area (Å²) in [6.45, 7) is 4.76. The van der Waals surface area contributed by atoms with Crippen molar-refractivity contribution in [3.63, 3.8) is 0 Å². The summed E-state index contributed by atoms with van der Waals surface area (Å²) < 4.78 is 13.5. The average molecular weight is 266 g/mol. The lowest BCUT2D eigenvalue weighted by molar-refractivity contribution is 0.00873. The monoisotopic (exact) mass is 266 g/mol. The SMILES string of the molecule is COc1cccc2c1[nH]c(=S)n2CC(C)(C)OC. The van der Waals surface area contributed by atoms with E-state index in [-0.39, 0.29) is 5.60 Å². The highest BCUT2D eigenvalue weighted by Crippen LogP contribution is 2.26. The van der Waals surface area contributed by atoms with Crippen LogP contribution < -0.4 is 4.74 Å². The van der Waals surface area contributed by atoms with Crippen LogP contribution in [0.1, 0.15) is 13.8 Å². The van der Waals surface area contributed by atoms with Crippen LogP contribution in [0.25, 0.3) is 11.0 Å². The number of hydrogen-bond acceptors (Lipinski definition) is 3. The molecule has 4 nitrogen and oxygen atoms in total. The Kier molecular flexibility index (Phi) is 3.45. The number of rotatable bonds is 4. The fraction of sp³-hybridized carbons (Fsp3) is 0.462. The van der Waals surface area contributed by atoms with E-state index in [9.17, 15) is 0 Å². The third kappa shape index (κ3) is 2.28. The Morgan fingerprint density at radius 3 is 2.67 bits per heavy atom. The maximum Gasteiger partial charge on any atom is 0.178 e. The zero-order valence-corrected chi connectivity index (χ0v) is 11.9. The van der Waals surface area contributed by atoms with Crippen LogP contribution in [-0.4, -0.2) is 29.4 Å². The van der Waals surface area contributed by atoms with Crippen LogP contribution in [0.2, 0.25) is 0 Å². The van der Waals surface area contributed by atoms with Crippen molar-refractivity contribution >= 4 is 23.3 Å². The van der Waals surface area contributed by atoms with E-state index in [0.29, 0.717) is 11.3 Å². The minimum Gasteiger partial charge on any atom is -0.494 e. The number of hydrogen-bond donors (Lipinski definition) is 1. The summed E-state index contributed by atoms with van der Waals surface area (Å²) in [6, 6.07) is 5.90. The van der Waals surface area contributed by atoms with Gasteiger partial charge in [0.25, 0.3) is 0 Å². The number of H-pyrrole nitrogens is 1. The molecule has 0 saturated heterocycles. The lowest BCUT2D eigenvalue weighted by atomic mass is 10.1. The summed E-state index contributed by atoms with van der Waals surface area (Å²) in [5, 5.41) is 0. The molecule has 0 atom stereocenters. The number of fused-ring (bicyclic) bond motifs is 1. The van der Waals surface area contributed by atoms with Gasteiger partial charge in [0.05, 0.1) is 24.8 Å². The van der Waals surface area contributed by atoms with Gasteiger partial charge < -0.3 is 19.0 Å². The van der Waals surface area contributed by atoms with Crippen molar-refractivity contribution in [2.45, 2.75) is 26.0 Å². The predicted molar refractivity (Wildman–Crippen MR) is 74.8 cm³/mol. The van der Waals surface area contributed by atoms with Crippen LogP contribution in [0.4, 0.5) is 0 Å². The normalized spacial score (nSPS) is 12.0. The van der Waals surface area contributed by atoms with Crippen molar-refractivity contribution in [2.75, 3.05) is 14.2 Å². The molecular weight excluding hydrogens is 248 g/mol. The van der Waals surface area contributed by atoms with Crippen LogP contribution in [0.15, 0.2) is 18.2 Å². The molecule has 2 rings (SSSR count). The summed E-state index contributed by atoms with van der Waals surface area (Å²) in [5.74, 6) is 0.799. The molecule has 0 aliphatic heterocycles. The van der Waals surface area contributed by atoms with E-state index in [0.717, 1.165) is 16.8 Å². The molecule has 1 N–H and O–H groups in total. The Bertz CT molecular complexity index is 613. The quantitative estimate of drug-likeness (QED) is 0.864. The van der Waals surface area contributed by atoms with Crippen molar-refractivity contribution in [3.05, 3.63) is 23.0 Å². The molecule has 98 valence electrons. The molecule has 0 fully saturated rings. The van der Waals surface area contributed by atoms with Gasteiger partial charge in [-0.1, -0.05) is 6.07 Å². The van der Waals surface area contributed by atoms with Crippen LogP contribution in [-0.2, 0) is 11.3 Å². The van der Waals surface area contributed by atoms with E-state index in [4.69, 9.17) is 21.7 Å². The molecule has 0 aliphatic rings. The van der Waals surface area contributed by atoms with E-state index < -0.39 is 0 Å². The second kappa shape index (κ2) is 4.74. The van der Waals surface area contributed by atoms with Crippen LogP contribution in [0.3, 0.4) is 0 Å². The molecular formula is C13H18N2O2S. The lowest BCUT2D eigenvalue weighted by Crippen LogP contribution is -2.29. The molecule has 2 aromatic rings. The summed E-state index contributed by atoms with van der Waals surface area (Å²) >= 11 is 5.37. The molecule has 0 saturated carbocycles. The third-order valence-electron chi connectivity index (χ3n) is 3.08. The average Bonchev–Trinajstić information content (AvgIpc) is 2.66. The van der Waals surface area contributed by atoms with Gasteiger partial charge in [0, 0.05) is 7.11 Å². The van der Waals surface area contributed by atoms with Gasteiger partial charge in [-0.3, -0.25) is 0 Å². The number of ether oxygens (including phenoxy) is 2. The maximum atomic E-state index is 5.46. The van der Waals surface area contributed by atoms with Crippen LogP contribution >= 0.6 is 12.2 Å². The minimum absolute atomic E-state index is 0.267. The minimum atomic E-state index is -0.267. The first-order valence-electron chi connectivity index (χ1n) is 5.79. The number of nitrogens with one attached hydrogen (secondary N) is 1. The second-order valence-electron chi connectivity index (χ2n) is 4.83. The fourth-order valence-electron chi connectivity index (χ4n) is 1.93. The molecule has 1 aromatic carbocycles. The first-order valence-corrected chi connectivity index (χ1v) is 6.20. The Morgan fingerprint density at radius 1 is 1.33 bits per heavy atom. The number of benzene rings is 1. The standard InChI is InChI=1S/C13H18N2O2S/c1-13(2,17-4)8-15-9-6-5-7-10(16-3)11(9)14-12(15)18/h5-7H,8H2,1-4H3,(H,14,18). The molecule has 0 radical (unpaired) electrons. The Morgan fingerprint density at radius 2 is 2.06 bits per heavy atom. The van der Waals surface area contributed by atoms with Gasteiger partial charge >= 0.3 is 0 Å². The Balaban J connectivity index is 2.58. The molecule has 0 spiro atoms. The predicted octanol–water partition coefficient (Wildman–Crippen LogP) is 3.13. The number of imidazole rings is 1. The van der Waals surface area contributed by atoms with Gasteiger partial charge in [-0.15, -0.1) is 0 Å². The number of methoxy groups -OCH3 is 2. The molecule has 18 heavy (non-hydrogen) atoms. The molecule has 0 aliphatic carbocycles. The highest BCUT2D eigenvalue weighted by Gasteiger charge is 2.19. The Labute approximate surface area is 112 Å². The summed E-state index contributed by atoms with van der Waals surface area (Å²) in [5.41, 5.74) is 1.69. The van der Waals surface area contributed by atoms with E-state index in [2.05, 4.69) is 4.98 Å². The smallest absolute Gasteiger partial charge is 0.178 e. The van der Waals surface area contributed by atoms with Gasteiger partial charge in [0.2, 0.25) is 0 Å². The number of aromatic nitrogens is 2. The van der Waals surface area contributed by atoms with Gasteiger partial charge in [0.1, 0.15) is 11.3 Å². The van der Waals surface area contributed by atoms with Crippen molar-refractivity contribution in [3.8, 4) is 5.75 Å². The highest BCUT2D eigenvalue weighted by atomic mass is 32.1. The number of aromatic amines is 1. The van der Waals surface area contributed by atoms with E-state index in [1.165, 1.54) is 0 Å². The van der Waals surface area contributed by atoms with E-state index in [1.807, 2.05) is 36.6 Å².